The van der Waals surface area contributed by atoms with Gasteiger partial charge in [-0.15, -0.1) is 0 Å². The van der Waals surface area contributed by atoms with E-state index in [1.165, 1.54) is 18.2 Å². The maximum absolute atomic E-state index is 10.2. The number of hydrogen-bond donors (Lipinski definition) is 3. The van der Waals surface area contributed by atoms with Crippen molar-refractivity contribution in [1.29, 1.82) is 0 Å². The van der Waals surface area contributed by atoms with E-state index in [-0.39, 0.29) is 17.9 Å². The van der Waals surface area contributed by atoms with Crippen molar-refractivity contribution in [3.63, 3.8) is 0 Å². The zero-order chi connectivity index (χ0) is 9.14. The van der Waals surface area contributed by atoms with Crippen LogP contribution in [0.1, 0.15) is 5.56 Å². The van der Waals surface area contributed by atoms with Crippen LogP contribution < -0.4 is 0 Å². The van der Waals surface area contributed by atoms with Crippen molar-refractivity contribution < 1.29 is 20.1 Å². The van der Waals surface area contributed by atoms with Crippen LogP contribution in [-0.4, -0.2) is 21.3 Å². The lowest BCUT2D eigenvalue weighted by atomic mass is 10.2. The molecule has 0 radical (unpaired) electrons. The van der Waals surface area contributed by atoms with E-state index in [4.69, 9.17) is 15.3 Å². The molecule has 0 atom stereocenters. The van der Waals surface area contributed by atoms with Gasteiger partial charge in [0, 0.05) is 0 Å². The van der Waals surface area contributed by atoms with E-state index in [1.54, 1.807) is 0 Å². The molecule has 0 unspecified atom stereocenters. The molecule has 0 saturated heterocycles. The van der Waals surface area contributed by atoms with Crippen molar-refractivity contribution in [2.45, 2.75) is 6.42 Å². The van der Waals surface area contributed by atoms with Crippen molar-refractivity contribution in [1.82, 2.24) is 0 Å². The Bertz CT molecular complexity index is 306. The summed E-state index contributed by atoms with van der Waals surface area (Å²) in [6, 6.07) is 3.93. The lowest BCUT2D eigenvalue weighted by Gasteiger charge is -1.99. The smallest absolute Gasteiger partial charge is 0.307 e. The van der Waals surface area contributed by atoms with E-state index in [0.717, 1.165) is 0 Å². The molecule has 0 aliphatic rings. The van der Waals surface area contributed by atoms with E-state index in [1.807, 2.05) is 0 Å². The summed E-state index contributed by atoms with van der Waals surface area (Å²) in [5.41, 5.74) is 0.456. The molecule has 0 aliphatic heterocycles. The highest BCUT2D eigenvalue weighted by atomic mass is 18.3. The molecule has 0 saturated carbocycles. The Morgan fingerprint density at radius 3 is 2.50 bits per heavy atom. The van der Waals surface area contributed by atoms with Gasteiger partial charge in [0.1, 0.15) is 0 Å². The lowest BCUT2D eigenvalue weighted by molar-refractivity contribution is -0.136. The minimum Gasteiger partial charge on any atom is -0.504 e. The number of hydrogen-bond acceptors (Lipinski definition) is 3. The van der Waals surface area contributed by atoms with Crippen LogP contribution in [0.3, 0.4) is 0 Å². The normalized spacial score (nSPS) is 9.67. The molecule has 0 aromatic heterocycles. The van der Waals surface area contributed by atoms with Gasteiger partial charge in [-0.3, -0.25) is 4.79 Å². The number of carboxylic acid groups (broad SMARTS) is 1. The van der Waals surface area contributed by atoms with E-state index >= 15 is 0 Å². The second kappa shape index (κ2) is 3.13. The highest BCUT2D eigenvalue weighted by molar-refractivity contribution is 5.70. The van der Waals surface area contributed by atoms with Gasteiger partial charge in [0.15, 0.2) is 11.5 Å². The number of carbonyl (C=O) groups is 1. The molecule has 3 N–H and O–H groups in total. The number of phenols is 2. The summed E-state index contributed by atoms with van der Waals surface area (Å²) in [5, 5.41) is 26.2. The first-order chi connectivity index (χ1) is 5.59. The molecule has 0 aliphatic carbocycles. The van der Waals surface area contributed by atoms with Crippen LogP contribution in [0.25, 0.3) is 0 Å². The maximum atomic E-state index is 10.2. The number of carboxylic acids is 1. The summed E-state index contributed by atoms with van der Waals surface area (Å²) < 4.78 is 0. The topological polar surface area (TPSA) is 77.8 Å². The molecule has 0 spiro atoms. The lowest BCUT2D eigenvalue weighted by Crippen LogP contribution is -1.99. The number of benzene rings is 1. The number of rotatable bonds is 2. The standard InChI is InChI=1S/C8H8O4/c9-6-2-1-5(3-7(6)10)4-8(11)12/h1-3,9-10H,4H2,(H,11,12)/i8+1,11+2,12+2. The summed E-state index contributed by atoms with van der Waals surface area (Å²) in [7, 11) is 0. The predicted molar refractivity (Wildman–Crippen MR) is 41.1 cm³/mol. The first kappa shape index (κ1) is 8.39. The van der Waals surface area contributed by atoms with Gasteiger partial charge in [0.25, 0.3) is 0 Å². The van der Waals surface area contributed by atoms with Gasteiger partial charge in [0.2, 0.25) is 0 Å². The zero-order valence-electron chi connectivity index (χ0n) is 6.19. The van der Waals surface area contributed by atoms with Gasteiger partial charge in [-0.05, 0) is 17.7 Å². The molecule has 12 heavy (non-hydrogen) atoms. The van der Waals surface area contributed by atoms with Crippen molar-refractivity contribution in [2.75, 3.05) is 0 Å². The van der Waals surface area contributed by atoms with Crippen LogP contribution in [0.5, 0.6) is 11.5 Å². The molecular formula is C8H8O4. The summed E-state index contributed by atoms with van der Waals surface area (Å²) in [5.74, 6) is -1.52. The van der Waals surface area contributed by atoms with Gasteiger partial charge in [-0.1, -0.05) is 6.07 Å². The van der Waals surface area contributed by atoms with Gasteiger partial charge in [0.05, 0.1) is 6.42 Å². The summed E-state index contributed by atoms with van der Waals surface area (Å²) >= 11 is 0. The Morgan fingerprint density at radius 2 is 2.00 bits per heavy atom. The summed E-state index contributed by atoms with van der Waals surface area (Å²) in [6.45, 7) is 0. The third kappa shape index (κ3) is 1.88. The molecule has 4 heteroatoms. The van der Waals surface area contributed by atoms with Gasteiger partial charge in [-0.2, -0.15) is 0 Å². The second-order valence-electron chi connectivity index (χ2n) is 2.39. The molecule has 4 nitrogen and oxygen atoms in total. The maximum Gasteiger partial charge on any atom is 0.307 e. The molecule has 64 valence electrons. The van der Waals surface area contributed by atoms with Crippen molar-refractivity contribution >= 4 is 5.97 Å². The second-order valence-corrected chi connectivity index (χ2v) is 2.39. The molecule has 1 aromatic carbocycles. The third-order valence-corrected chi connectivity index (χ3v) is 1.40. The number of phenolic OH excluding ortho intramolecular Hbond substituents is 2. The molecular weight excluding hydrogens is 165 g/mol. The molecule has 0 fully saturated rings. The Morgan fingerprint density at radius 1 is 1.33 bits per heavy atom. The van der Waals surface area contributed by atoms with Crippen LogP contribution in [0.4, 0.5) is 0 Å². The van der Waals surface area contributed by atoms with Crippen LogP contribution in [0.2, 0.25) is 0 Å². The Kier molecular flexibility index (Phi) is 2.19. The SMILES string of the molecule is Oc1ccc(C[13C](=[18O])[18OH])cc1O. The highest BCUT2D eigenvalue weighted by Gasteiger charge is 2.03. The Hall–Kier alpha value is -1.71. The monoisotopic (exact) mass is 173 g/mol. The van der Waals surface area contributed by atoms with Gasteiger partial charge in [-0.25, -0.2) is 0 Å². The van der Waals surface area contributed by atoms with Crippen LogP contribution >= 0.6 is 0 Å². The fourth-order valence-corrected chi connectivity index (χ4v) is 0.854. The summed E-state index contributed by atoms with van der Waals surface area (Å²) in [4.78, 5) is 10.2. The van der Waals surface area contributed by atoms with Crippen LogP contribution in [0, 0.1) is 0 Å². The summed E-state index contributed by atoms with van der Waals surface area (Å²) in [6.07, 6.45) is -0.159. The molecule has 0 heterocycles. The van der Waals surface area contributed by atoms with Crippen LogP contribution in [-0.2, 0) is 11.2 Å². The number of aliphatic carboxylic acids is 1. The minimum absolute atomic E-state index is 0.159. The van der Waals surface area contributed by atoms with Crippen molar-refractivity contribution in [3.05, 3.63) is 23.8 Å². The molecule has 0 bridgehead atoms. The Balaban J connectivity index is 2.89. The van der Waals surface area contributed by atoms with E-state index in [2.05, 4.69) is 0 Å². The average molecular weight is 173 g/mol. The fraction of sp³-hybridized carbons (Fsp3) is 0.125. The minimum atomic E-state index is -0.972. The predicted octanol–water partition coefficient (Wildman–Crippen LogP) is 0.725. The molecule has 1 aromatic rings. The van der Waals surface area contributed by atoms with Crippen molar-refractivity contribution in [2.24, 2.45) is 0 Å². The Labute approximate surface area is 68.7 Å². The van der Waals surface area contributed by atoms with Gasteiger partial charge < -0.3 is 15.3 Å². The quantitative estimate of drug-likeness (QED) is 0.350. The van der Waals surface area contributed by atoms with Gasteiger partial charge >= 0.3 is 5.97 Å². The van der Waals surface area contributed by atoms with E-state index in [9.17, 15) is 4.79 Å². The highest BCUT2D eigenvalue weighted by Crippen LogP contribution is 2.24. The fourth-order valence-electron chi connectivity index (χ4n) is 0.854. The van der Waals surface area contributed by atoms with E-state index < -0.39 is 5.97 Å². The molecule has 1 rings (SSSR count). The first-order valence-corrected chi connectivity index (χ1v) is 3.32. The van der Waals surface area contributed by atoms with Crippen LogP contribution in [0.15, 0.2) is 18.2 Å². The largest absolute Gasteiger partial charge is 0.504 e. The third-order valence-electron chi connectivity index (χ3n) is 1.40. The van der Waals surface area contributed by atoms with Crippen molar-refractivity contribution in [3.8, 4) is 11.5 Å². The van der Waals surface area contributed by atoms with E-state index in [0.29, 0.717) is 5.56 Å². The average Bonchev–Trinajstić information content (AvgIpc) is 1.96. The number of aromatic hydroxyl groups is 2. The first-order valence-electron chi connectivity index (χ1n) is 3.32. The zero-order valence-corrected chi connectivity index (χ0v) is 6.19. The molecule has 0 amide bonds.